The molecule has 2 aromatic rings. The highest BCUT2D eigenvalue weighted by atomic mass is 32.1. The van der Waals surface area contributed by atoms with Gasteiger partial charge in [0.1, 0.15) is 16.7 Å². The molecule has 1 aliphatic carbocycles. The van der Waals surface area contributed by atoms with E-state index < -0.39 is 11.9 Å². The van der Waals surface area contributed by atoms with Crippen molar-refractivity contribution in [1.29, 1.82) is 0 Å². The summed E-state index contributed by atoms with van der Waals surface area (Å²) in [6.45, 7) is 2.01. The molecular weight excluding hydrogens is 274 g/mol. The number of carbonyl (C=O) groups is 1. The Bertz CT molecular complexity index is 678. The summed E-state index contributed by atoms with van der Waals surface area (Å²) < 4.78 is 5.41. The van der Waals surface area contributed by atoms with Gasteiger partial charge in [0.25, 0.3) is 0 Å². The van der Waals surface area contributed by atoms with Gasteiger partial charge < -0.3 is 9.84 Å². The zero-order valence-corrected chi connectivity index (χ0v) is 12.2. The summed E-state index contributed by atoms with van der Waals surface area (Å²) in [6, 6.07) is 5.97. The Hall–Kier alpha value is -1.88. The van der Waals surface area contributed by atoms with Gasteiger partial charge in [0.2, 0.25) is 0 Å². The van der Waals surface area contributed by atoms with E-state index in [-0.39, 0.29) is 0 Å². The van der Waals surface area contributed by atoms with E-state index in [1.807, 2.05) is 25.1 Å². The molecule has 0 bridgehead atoms. The molecule has 104 valence electrons. The molecule has 4 nitrogen and oxygen atoms in total. The predicted molar refractivity (Wildman–Crippen MR) is 77.5 cm³/mol. The molecule has 0 aliphatic heterocycles. The molecule has 0 fully saturated rings. The molecule has 20 heavy (non-hydrogen) atoms. The lowest BCUT2D eigenvalue weighted by atomic mass is 10.1. The normalized spacial score (nSPS) is 17.0. The number of methoxy groups -OCH3 is 1. The largest absolute Gasteiger partial charge is 0.496 e. The number of ether oxygens (including phenoxy) is 1. The van der Waals surface area contributed by atoms with E-state index >= 15 is 0 Å². The molecule has 1 heterocycles. The number of benzene rings is 1. The van der Waals surface area contributed by atoms with Gasteiger partial charge in [-0.2, -0.15) is 0 Å². The summed E-state index contributed by atoms with van der Waals surface area (Å²) in [5.41, 5.74) is 2.79. The molecule has 1 aromatic heterocycles. The highest BCUT2D eigenvalue weighted by molar-refractivity contribution is 7.15. The van der Waals surface area contributed by atoms with E-state index in [0.29, 0.717) is 6.42 Å². The topological polar surface area (TPSA) is 59.4 Å². The first-order valence-electron chi connectivity index (χ1n) is 6.47. The summed E-state index contributed by atoms with van der Waals surface area (Å²) in [4.78, 5) is 16.9. The first-order valence-corrected chi connectivity index (χ1v) is 7.29. The van der Waals surface area contributed by atoms with Crippen molar-refractivity contribution in [2.24, 2.45) is 0 Å². The van der Waals surface area contributed by atoms with Crippen LogP contribution in [0.3, 0.4) is 0 Å². The fourth-order valence-electron chi connectivity index (χ4n) is 2.56. The Morgan fingerprint density at radius 2 is 2.30 bits per heavy atom. The third-order valence-corrected chi connectivity index (χ3v) is 4.77. The van der Waals surface area contributed by atoms with Gasteiger partial charge in [0, 0.05) is 4.88 Å². The van der Waals surface area contributed by atoms with Crippen LogP contribution in [0.4, 0.5) is 0 Å². The monoisotopic (exact) mass is 289 g/mol. The fraction of sp³-hybridized carbons (Fsp3) is 0.333. The van der Waals surface area contributed by atoms with Crippen molar-refractivity contribution in [3.63, 3.8) is 0 Å². The highest BCUT2D eigenvalue weighted by Crippen LogP contribution is 2.42. The number of fused-ring (bicyclic) bond motifs is 1. The number of aromatic nitrogens is 1. The van der Waals surface area contributed by atoms with E-state index in [1.54, 1.807) is 18.4 Å². The quantitative estimate of drug-likeness (QED) is 0.942. The van der Waals surface area contributed by atoms with Crippen molar-refractivity contribution in [2.75, 3.05) is 7.11 Å². The first-order chi connectivity index (χ1) is 9.60. The second-order valence-electron chi connectivity index (χ2n) is 4.96. The Labute approximate surface area is 121 Å². The Morgan fingerprint density at radius 1 is 1.50 bits per heavy atom. The van der Waals surface area contributed by atoms with Crippen LogP contribution in [0.15, 0.2) is 18.2 Å². The number of nitrogens with zero attached hydrogens (tertiary/aromatic N) is 1. The van der Waals surface area contributed by atoms with Crippen LogP contribution in [0, 0.1) is 6.92 Å². The van der Waals surface area contributed by atoms with Gasteiger partial charge >= 0.3 is 5.97 Å². The smallest absolute Gasteiger partial charge is 0.312 e. The number of carboxylic acid groups (broad SMARTS) is 1. The zero-order chi connectivity index (χ0) is 14.3. The third-order valence-electron chi connectivity index (χ3n) is 3.60. The molecule has 1 unspecified atom stereocenters. The van der Waals surface area contributed by atoms with Crippen molar-refractivity contribution in [3.05, 3.63) is 34.3 Å². The number of rotatable bonds is 3. The molecule has 1 atom stereocenters. The van der Waals surface area contributed by atoms with E-state index in [4.69, 9.17) is 4.74 Å². The molecule has 0 spiro atoms. The van der Waals surface area contributed by atoms with Gasteiger partial charge in [-0.05, 0) is 37.5 Å². The Kier molecular flexibility index (Phi) is 3.22. The van der Waals surface area contributed by atoms with Gasteiger partial charge in [0.05, 0.1) is 18.4 Å². The Morgan fingerprint density at radius 3 is 3.00 bits per heavy atom. The molecular formula is C15H15NO3S. The summed E-state index contributed by atoms with van der Waals surface area (Å²) in [7, 11) is 1.64. The third kappa shape index (κ3) is 2.08. The van der Waals surface area contributed by atoms with Crippen LogP contribution in [0.5, 0.6) is 5.75 Å². The maximum atomic E-state index is 11.2. The van der Waals surface area contributed by atoms with Crippen LogP contribution in [-0.4, -0.2) is 23.2 Å². The van der Waals surface area contributed by atoms with Crippen LogP contribution in [-0.2, 0) is 11.2 Å². The van der Waals surface area contributed by atoms with Crippen molar-refractivity contribution < 1.29 is 14.6 Å². The predicted octanol–water partition coefficient (Wildman–Crippen LogP) is 3.24. The average molecular weight is 289 g/mol. The first kappa shape index (κ1) is 13.1. The molecule has 0 saturated carbocycles. The molecule has 0 amide bonds. The summed E-state index contributed by atoms with van der Waals surface area (Å²) in [5, 5.41) is 10.1. The second-order valence-corrected chi connectivity index (χ2v) is 6.04. The minimum atomic E-state index is -0.781. The van der Waals surface area contributed by atoms with Gasteiger partial charge in [-0.15, -0.1) is 11.3 Å². The van der Waals surface area contributed by atoms with Crippen molar-refractivity contribution in [3.8, 4) is 16.3 Å². The van der Waals surface area contributed by atoms with Crippen LogP contribution in [0.25, 0.3) is 10.6 Å². The van der Waals surface area contributed by atoms with Crippen molar-refractivity contribution in [2.45, 2.75) is 25.7 Å². The summed E-state index contributed by atoms with van der Waals surface area (Å²) in [5.74, 6) is -0.452. The molecule has 3 rings (SSSR count). The van der Waals surface area contributed by atoms with Crippen molar-refractivity contribution >= 4 is 17.3 Å². The highest BCUT2D eigenvalue weighted by Gasteiger charge is 2.32. The molecule has 1 aromatic carbocycles. The fourth-order valence-corrected chi connectivity index (χ4v) is 3.73. The lowest BCUT2D eigenvalue weighted by Gasteiger charge is -2.07. The number of aryl methyl sites for hydroxylation is 2. The van der Waals surface area contributed by atoms with E-state index in [0.717, 1.165) is 38.9 Å². The van der Waals surface area contributed by atoms with Crippen LogP contribution < -0.4 is 4.74 Å². The summed E-state index contributed by atoms with van der Waals surface area (Å²) >= 11 is 1.58. The standard InChI is InChI=1S/C15H15NO3S/c1-8-3-4-9(11(7-8)19-2)14-16-13-10(15(17)18)5-6-12(13)20-14/h3-4,7,10H,5-6H2,1-2H3,(H,17,18). The number of hydrogen-bond donors (Lipinski definition) is 1. The van der Waals surface area contributed by atoms with Gasteiger partial charge in [-0.3, -0.25) is 4.79 Å². The SMILES string of the molecule is COc1cc(C)ccc1-c1nc2c(s1)CCC2C(=O)O. The number of hydrogen-bond acceptors (Lipinski definition) is 4. The van der Waals surface area contributed by atoms with Crippen LogP contribution in [0.1, 0.15) is 28.5 Å². The Balaban J connectivity index is 2.05. The van der Waals surface area contributed by atoms with Gasteiger partial charge in [-0.25, -0.2) is 4.98 Å². The van der Waals surface area contributed by atoms with Crippen LogP contribution in [0.2, 0.25) is 0 Å². The lowest BCUT2D eigenvalue weighted by molar-refractivity contribution is -0.138. The van der Waals surface area contributed by atoms with Crippen molar-refractivity contribution in [1.82, 2.24) is 4.98 Å². The zero-order valence-electron chi connectivity index (χ0n) is 11.3. The summed E-state index contributed by atoms with van der Waals surface area (Å²) in [6.07, 6.45) is 1.47. The minimum Gasteiger partial charge on any atom is -0.496 e. The second kappa shape index (κ2) is 4.90. The maximum absolute atomic E-state index is 11.2. The van der Waals surface area contributed by atoms with Gasteiger partial charge in [-0.1, -0.05) is 6.07 Å². The molecule has 5 heteroatoms. The molecule has 1 aliphatic rings. The minimum absolute atomic E-state index is 0.452. The average Bonchev–Trinajstić information content (AvgIpc) is 2.97. The number of aliphatic carboxylic acids is 1. The molecule has 1 N–H and O–H groups in total. The van der Waals surface area contributed by atoms with Gasteiger partial charge in [0.15, 0.2) is 0 Å². The maximum Gasteiger partial charge on any atom is 0.312 e. The number of thiazole rings is 1. The van der Waals surface area contributed by atoms with E-state index in [2.05, 4.69) is 4.98 Å². The number of carboxylic acids is 1. The molecule has 0 radical (unpaired) electrons. The molecule has 0 saturated heterocycles. The van der Waals surface area contributed by atoms with Crippen LogP contribution >= 0.6 is 11.3 Å². The van der Waals surface area contributed by atoms with E-state index in [9.17, 15) is 9.90 Å². The van der Waals surface area contributed by atoms with E-state index in [1.165, 1.54) is 0 Å². The lowest BCUT2D eigenvalue weighted by Crippen LogP contribution is -2.08.